The Morgan fingerprint density at radius 2 is 1.84 bits per heavy atom. The number of allylic oxidation sites excluding steroid dienone is 3. The summed E-state index contributed by atoms with van der Waals surface area (Å²) in [5, 5.41) is 3.27. The van der Waals surface area contributed by atoms with Gasteiger partial charge in [-0.25, -0.2) is 4.79 Å². The maximum absolute atomic E-state index is 13.6. The van der Waals surface area contributed by atoms with E-state index in [-0.39, 0.29) is 11.7 Å². The summed E-state index contributed by atoms with van der Waals surface area (Å²) in [4.78, 5) is 41.2. The normalized spacial score (nSPS) is 22.8. The maximum Gasteiger partial charge on any atom is 0.336 e. The smallest absolute Gasteiger partial charge is 0.336 e. The number of nitrogens with zero attached hydrogens (tertiary/aromatic N) is 1. The lowest BCUT2D eigenvalue weighted by Crippen LogP contribution is -2.43. The zero-order valence-corrected chi connectivity index (χ0v) is 19.7. The third-order valence-electron chi connectivity index (χ3n) is 6.14. The topological polar surface area (TPSA) is 84.9 Å². The van der Waals surface area contributed by atoms with Crippen LogP contribution >= 0.6 is 0 Å². The summed E-state index contributed by atoms with van der Waals surface area (Å²) < 4.78 is 10.4. The summed E-state index contributed by atoms with van der Waals surface area (Å²) in [6, 6.07) is 7.76. The largest absolute Gasteiger partial charge is 0.468 e. The molecule has 7 heteroatoms. The number of benzene rings is 1. The van der Waals surface area contributed by atoms with Crippen molar-refractivity contribution in [3.8, 4) is 0 Å². The molecular formula is C25H32N2O5. The predicted molar refractivity (Wildman–Crippen MR) is 122 cm³/mol. The summed E-state index contributed by atoms with van der Waals surface area (Å²) in [5.41, 5.74) is 4.09. The summed E-state index contributed by atoms with van der Waals surface area (Å²) in [7, 11) is 5.19. The Labute approximate surface area is 189 Å². The van der Waals surface area contributed by atoms with E-state index >= 15 is 0 Å². The number of hydrogen-bond acceptors (Lipinski definition) is 7. The molecule has 1 aromatic rings. The zero-order chi connectivity index (χ0) is 23.6. The second kappa shape index (κ2) is 9.59. The van der Waals surface area contributed by atoms with Crippen molar-refractivity contribution in [1.29, 1.82) is 0 Å². The minimum absolute atomic E-state index is 0.209. The standard InChI is InChI=1S/C25H32N2O5/c1-7-12-32-25(30)20-15(3)26-18-13-14(2)19(24(29)31-6)23(28)22(18)21(20)16-8-10-17(11-9-16)27(4)5/h8-11,14,19,21,26H,7,12-13H2,1-6H3/t14-,19+,21-/m0/s1. The number of carbonyl (C=O) groups is 3. The highest BCUT2D eigenvalue weighted by atomic mass is 16.5. The second-order valence-corrected chi connectivity index (χ2v) is 8.66. The van der Waals surface area contributed by atoms with Crippen LogP contribution in [0.2, 0.25) is 0 Å². The van der Waals surface area contributed by atoms with E-state index in [4.69, 9.17) is 9.47 Å². The molecule has 3 rings (SSSR count). The molecule has 1 N–H and O–H groups in total. The van der Waals surface area contributed by atoms with E-state index in [0.29, 0.717) is 36.3 Å². The van der Waals surface area contributed by atoms with Crippen LogP contribution < -0.4 is 10.2 Å². The molecule has 0 aromatic heterocycles. The highest BCUT2D eigenvalue weighted by Crippen LogP contribution is 2.45. The first-order chi connectivity index (χ1) is 15.2. The number of dihydropyridines is 1. The molecule has 0 saturated carbocycles. The van der Waals surface area contributed by atoms with Crippen molar-refractivity contribution in [2.24, 2.45) is 11.8 Å². The van der Waals surface area contributed by atoms with Gasteiger partial charge in [-0.1, -0.05) is 26.0 Å². The second-order valence-electron chi connectivity index (χ2n) is 8.66. The van der Waals surface area contributed by atoms with Crippen molar-refractivity contribution in [3.63, 3.8) is 0 Å². The predicted octanol–water partition coefficient (Wildman–Crippen LogP) is 3.32. The Bertz CT molecular complexity index is 975. The van der Waals surface area contributed by atoms with Crippen LogP contribution in [0.5, 0.6) is 0 Å². The SMILES string of the molecule is CCCOC(=O)C1=C(C)NC2=C(C(=O)[C@H](C(=O)OC)[C@@H](C)C2)[C@H]1c1ccc(N(C)C)cc1. The molecule has 2 aliphatic rings. The van der Waals surface area contributed by atoms with Crippen molar-refractivity contribution in [2.75, 3.05) is 32.7 Å². The lowest BCUT2D eigenvalue weighted by molar-refractivity contribution is -0.151. The van der Waals surface area contributed by atoms with Gasteiger partial charge in [0.15, 0.2) is 5.78 Å². The summed E-state index contributed by atoms with van der Waals surface area (Å²) in [5.74, 6) is -3.01. The third kappa shape index (κ3) is 4.29. The molecule has 172 valence electrons. The van der Waals surface area contributed by atoms with Crippen molar-refractivity contribution in [1.82, 2.24) is 5.32 Å². The van der Waals surface area contributed by atoms with Gasteiger partial charge >= 0.3 is 11.9 Å². The molecule has 7 nitrogen and oxygen atoms in total. The number of hydrogen-bond donors (Lipinski definition) is 1. The van der Waals surface area contributed by atoms with Crippen LogP contribution in [0.25, 0.3) is 0 Å². The monoisotopic (exact) mass is 440 g/mol. The molecule has 1 aliphatic carbocycles. The van der Waals surface area contributed by atoms with Crippen LogP contribution in [0.4, 0.5) is 5.69 Å². The van der Waals surface area contributed by atoms with E-state index in [0.717, 1.165) is 16.9 Å². The molecule has 1 aromatic carbocycles. The van der Waals surface area contributed by atoms with Crippen LogP contribution in [-0.4, -0.2) is 45.5 Å². The van der Waals surface area contributed by atoms with Crippen molar-refractivity contribution in [3.05, 3.63) is 52.4 Å². The van der Waals surface area contributed by atoms with Gasteiger partial charge in [0, 0.05) is 42.7 Å². The van der Waals surface area contributed by atoms with Gasteiger partial charge in [-0.05, 0) is 43.4 Å². The molecule has 0 spiro atoms. The van der Waals surface area contributed by atoms with Gasteiger partial charge in [-0.2, -0.15) is 0 Å². The number of nitrogens with one attached hydrogen (secondary N) is 1. The van der Waals surface area contributed by atoms with E-state index in [1.807, 2.05) is 64.0 Å². The molecule has 0 fully saturated rings. The Kier molecular flexibility index (Phi) is 7.06. The minimum atomic E-state index is -0.893. The van der Waals surface area contributed by atoms with Crippen LogP contribution in [0.15, 0.2) is 46.8 Å². The van der Waals surface area contributed by atoms with Gasteiger partial charge in [0.05, 0.1) is 19.3 Å². The van der Waals surface area contributed by atoms with Gasteiger partial charge in [0.25, 0.3) is 0 Å². The number of esters is 2. The minimum Gasteiger partial charge on any atom is -0.468 e. The van der Waals surface area contributed by atoms with Crippen LogP contribution in [0, 0.1) is 11.8 Å². The first kappa shape index (κ1) is 23.6. The fourth-order valence-electron chi connectivity index (χ4n) is 4.52. The van der Waals surface area contributed by atoms with Crippen LogP contribution in [0.3, 0.4) is 0 Å². The highest BCUT2D eigenvalue weighted by Gasteiger charge is 2.47. The van der Waals surface area contributed by atoms with Gasteiger partial charge in [-0.15, -0.1) is 0 Å². The quantitative estimate of drug-likeness (QED) is 0.537. The van der Waals surface area contributed by atoms with Gasteiger partial charge in [-0.3, -0.25) is 9.59 Å². The Morgan fingerprint density at radius 3 is 2.41 bits per heavy atom. The summed E-state index contributed by atoms with van der Waals surface area (Å²) >= 11 is 0. The molecule has 1 aliphatic heterocycles. The number of rotatable bonds is 6. The van der Waals surface area contributed by atoms with Crippen molar-refractivity contribution < 1.29 is 23.9 Å². The third-order valence-corrected chi connectivity index (χ3v) is 6.14. The van der Waals surface area contributed by atoms with E-state index in [1.54, 1.807) is 0 Å². The van der Waals surface area contributed by atoms with Crippen LogP contribution in [0.1, 0.15) is 45.1 Å². The Morgan fingerprint density at radius 1 is 1.19 bits per heavy atom. The van der Waals surface area contributed by atoms with E-state index in [9.17, 15) is 14.4 Å². The molecule has 0 amide bonds. The van der Waals surface area contributed by atoms with Crippen molar-refractivity contribution >= 4 is 23.4 Å². The fourth-order valence-corrected chi connectivity index (χ4v) is 4.52. The van der Waals surface area contributed by atoms with Crippen LogP contribution in [-0.2, 0) is 23.9 Å². The molecule has 0 bridgehead atoms. The summed E-state index contributed by atoms with van der Waals surface area (Å²) in [6.07, 6.45) is 1.21. The average Bonchev–Trinajstić information content (AvgIpc) is 2.76. The first-order valence-corrected chi connectivity index (χ1v) is 11.0. The van der Waals surface area contributed by atoms with Crippen molar-refractivity contribution in [2.45, 2.75) is 39.5 Å². The number of ketones is 1. The number of methoxy groups -OCH3 is 1. The Hall–Kier alpha value is -3.09. The fraction of sp³-hybridized carbons (Fsp3) is 0.480. The lowest BCUT2D eigenvalue weighted by atomic mass is 9.69. The molecule has 1 heterocycles. The number of Topliss-reactive ketones (excluding diaryl/α,β-unsaturated/α-hetero) is 1. The average molecular weight is 441 g/mol. The van der Waals surface area contributed by atoms with Gasteiger partial charge in [0.1, 0.15) is 5.92 Å². The van der Waals surface area contributed by atoms with Gasteiger partial charge in [0.2, 0.25) is 0 Å². The molecular weight excluding hydrogens is 408 g/mol. The number of ether oxygens (including phenoxy) is 2. The summed E-state index contributed by atoms with van der Waals surface area (Å²) in [6.45, 7) is 5.92. The Balaban J connectivity index is 2.15. The van der Waals surface area contributed by atoms with E-state index in [2.05, 4.69) is 5.32 Å². The molecule has 32 heavy (non-hydrogen) atoms. The molecule has 0 unspecified atom stereocenters. The maximum atomic E-state index is 13.6. The molecule has 3 atom stereocenters. The zero-order valence-electron chi connectivity index (χ0n) is 19.7. The first-order valence-electron chi connectivity index (χ1n) is 11.0. The van der Waals surface area contributed by atoms with E-state index in [1.165, 1.54) is 7.11 Å². The number of carbonyl (C=O) groups excluding carboxylic acids is 3. The molecule has 0 radical (unpaired) electrons. The molecule has 0 saturated heterocycles. The highest BCUT2D eigenvalue weighted by molar-refractivity contribution is 6.12. The number of anilines is 1. The van der Waals surface area contributed by atoms with Gasteiger partial charge < -0.3 is 19.7 Å². The lowest BCUT2D eigenvalue weighted by Gasteiger charge is -2.38. The van der Waals surface area contributed by atoms with E-state index < -0.39 is 23.8 Å².